The Labute approximate surface area is 174 Å². The minimum Gasteiger partial charge on any atom is -0.444 e. The summed E-state index contributed by atoms with van der Waals surface area (Å²) in [6.45, 7) is 4.38. The Balaban J connectivity index is 1.30. The molecule has 0 aliphatic carbocycles. The molecule has 0 atom stereocenters. The van der Waals surface area contributed by atoms with Crippen LogP contribution >= 0.6 is 0 Å². The number of amides is 2. The Kier molecular flexibility index (Phi) is 5.61. The molecule has 0 fully saturated rings. The van der Waals surface area contributed by atoms with Gasteiger partial charge < -0.3 is 9.73 Å². The van der Waals surface area contributed by atoms with Gasteiger partial charge in [0.25, 0.3) is 0 Å². The van der Waals surface area contributed by atoms with E-state index in [4.69, 9.17) is 4.42 Å². The lowest BCUT2D eigenvalue weighted by atomic mass is 10.1. The minimum atomic E-state index is -0.307. The number of carbonyl (C=O) groups is 1. The van der Waals surface area contributed by atoms with Crippen molar-refractivity contribution in [2.75, 3.05) is 11.9 Å². The fraction of sp³-hybridized carbons (Fsp3) is 0.174. The highest BCUT2D eigenvalue weighted by atomic mass is 16.3. The third-order valence-corrected chi connectivity index (χ3v) is 4.67. The zero-order valence-electron chi connectivity index (χ0n) is 16.9. The van der Waals surface area contributed by atoms with Crippen LogP contribution in [0.15, 0.2) is 71.5 Å². The number of rotatable bonds is 6. The number of aryl methyl sites for hydroxylation is 2. The summed E-state index contributed by atoms with van der Waals surface area (Å²) in [7, 11) is 0. The summed E-state index contributed by atoms with van der Waals surface area (Å²) in [5.41, 5.74) is 4.72. The van der Waals surface area contributed by atoms with Crippen molar-refractivity contribution >= 4 is 11.8 Å². The van der Waals surface area contributed by atoms with E-state index in [1.54, 1.807) is 10.9 Å². The molecule has 2 aromatic carbocycles. The summed E-state index contributed by atoms with van der Waals surface area (Å²) in [6.07, 6.45) is 4.08. The largest absolute Gasteiger partial charge is 0.444 e. The molecule has 7 nitrogen and oxygen atoms in total. The Morgan fingerprint density at radius 2 is 1.83 bits per heavy atom. The van der Waals surface area contributed by atoms with E-state index in [9.17, 15) is 4.79 Å². The van der Waals surface area contributed by atoms with Gasteiger partial charge in [0.15, 0.2) is 5.82 Å². The maximum Gasteiger partial charge on any atom is 0.320 e. The van der Waals surface area contributed by atoms with Crippen molar-refractivity contribution in [1.29, 1.82) is 0 Å². The minimum absolute atomic E-state index is 0.307. The molecule has 0 spiro atoms. The van der Waals surface area contributed by atoms with E-state index in [0.29, 0.717) is 24.7 Å². The van der Waals surface area contributed by atoms with Gasteiger partial charge in [0.05, 0.1) is 11.4 Å². The molecule has 2 heterocycles. The molecule has 2 amide bonds. The molecule has 0 aliphatic rings. The Morgan fingerprint density at radius 3 is 2.60 bits per heavy atom. The lowest BCUT2D eigenvalue weighted by molar-refractivity contribution is 0.252. The molecule has 7 heteroatoms. The van der Waals surface area contributed by atoms with Gasteiger partial charge in [-0.15, -0.1) is 5.10 Å². The Hall–Kier alpha value is -3.87. The number of nitrogens with zero attached hydrogens (tertiary/aromatic N) is 3. The summed E-state index contributed by atoms with van der Waals surface area (Å²) in [5, 5.41) is 10.1. The molecule has 4 rings (SSSR count). The first-order chi connectivity index (χ1) is 14.6. The van der Waals surface area contributed by atoms with Gasteiger partial charge in [-0.1, -0.05) is 35.9 Å². The van der Waals surface area contributed by atoms with Crippen molar-refractivity contribution in [3.8, 4) is 17.1 Å². The van der Waals surface area contributed by atoms with E-state index in [2.05, 4.69) is 20.7 Å². The molecule has 0 aliphatic heterocycles. The molecule has 0 saturated heterocycles. The van der Waals surface area contributed by atoms with Crippen LogP contribution in [0.1, 0.15) is 16.8 Å². The number of urea groups is 1. The Morgan fingerprint density at radius 1 is 1.07 bits per heavy atom. The molecular weight excluding hydrogens is 378 g/mol. The fourth-order valence-corrected chi connectivity index (χ4v) is 3.00. The fourth-order valence-electron chi connectivity index (χ4n) is 3.00. The standard InChI is InChI=1S/C23H23N5O2/c1-16-8-10-18(11-9-16)22-25-19(15-30-22)12-13-24-23(29)26-21-17(2)14-28(27-21)20-6-4-3-5-7-20/h3-11,14-15H,12-13H2,1-2H3,(H2,24,26,27,29). The Bertz CT molecular complexity index is 1130. The van der Waals surface area contributed by atoms with Crippen molar-refractivity contribution in [3.63, 3.8) is 0 Å². The molecule has 4 aromatic rings. The van der Waals surface area contributed by atoms with E-state index in [0.717, 1.165) is 22.5 Å². The number of aromatic nitrogens is 3. The highest BCUT2D eigenvalue weighted by Crippen LogP contribution is 2.19. The summed E-state index contributed by atoms with van der Waals surface area (Å²) >= 11 is 0. The predicted molar refractivity (Wildman–Crippen MR) is 116 cm³/mol. The predicted octanol–water partition coefficient (Wildman–Crippen LogP) is 4.51. The van der Waals surface area contributed by atoms with Crippen molar-refractivity contribution < 1.29 is 9.21 Å². The van der Waals surface area contributed by atoms with Crippen molar-refractivity contribution in [2.24, 2.45) is 0 Å². The van der Waals surface area contributed by atoms with Crippen LogP contribution in [-0.2, 0) is 6.42 Å². The zero-order chi connectivity index (χ0) is 20.9. The summed E-state index contributed by atoms with van der Waals surface area (Å²) in [5.74, 6) is 1.11. The quantitative estimate of drug-likeness (QED) is 0.498. The normalized spacial score (nSPS) is 10.7. The molecule has 30 heavy (non-hydrogen) atoms. The van der Waals surface area contributed by atoms with Gasteiger partial charge >= 0.3 is 6.03 Å². The number of hydrogen-bond donors (Lipinski definition) is 2. The lowest BCUT2D eigenvalue weighted by Crippen LogP contribution is -2.30. The van der Waals surface area contributed by atoms with Gasteiger partial charge in [0.2, 0.25) is 5.89 Å². The first kappa shape index (κ1) is 19.4. The van der Waals surface area contributed by atoms with E-state index in [-0.39, 0.29) is 6.03 Å². The van der Waals surface area contributed by atoms with Crippen molar-refractivity contribution in [3.05, 3.63) is 83.9 Å². The summed E-state index contributed by atoms with van der Waals surface area (Å²) < 4.78 is 7.30. The first-order valence-electron chi connectivity index (χ1n) is 9.76. The number of nitrogens with one attached hydrogen (secondary N) is 2. The van der Waals surface area contributed by atoms with E-state index in [1.807, 2.05) is 74.6 Å². The summed E-state index contributed by atoms with van der Waals surface area (Å²) in [4.78, 5) is 16.7. The number of anilines is 1. The number of para-hydroxylation sites is 1. The van der Waals surface area contributed by atoms with Crippen LogP contribution in [0, 0.1) is 13.8 Å². The molecule has 0 radical (unpaired) electrons. The van der Waals surface area contributed by atoms with Gasteiger partial charge in [-0.25, -0.2) is 14.5 Å². The van der Waals surface area contributed by atoms with Crippen LogP contribution in [0.2, 0.25) is 0 Å². The molecule has 152 valence electrons. The SMILES string of the molecule is Cc1ccc(-c2nc(CCNC(=O)Nc3nn(-c4ccccc4)cc3C)co2)cc1. The lowest BCUT2D eigenvalue weighted by Gasteiger charge is -2.05. The maximum atomic E-state index is 12.2. The molecule has 0 bridgehead atoms. The van der Waals surface area contributed by atoms with Gasteiger partial charge in [-0.05, 0) is 38.1 Å². The second-order valence-electron chi connectivity index (χ2n) is 7.08. The molecule has 0 saturated carbocycles. The molecular formula is C23H23N5O2. The van der Waals surface area contributed by atoms with Gasteiger partial charge in [0, 0.05) is 30.3 Å². The number of oxazole rings is 1. The monoisotopic (exact) mass is 401 g/mol. The topological polar surface area (TPSA) is 85.0 Å². The number of benzene rings is 2. The van der Waals surface area contributed by atoms with Crippen LogP contribution in [0.25, 0.3) is 17.1 Å². The van der Waals surface area contributed by atoms with Crippen LogP contribution in [-0.4, -0.2) is 27.3 Å². The highest BCUT2D eigenvalue weighted by Gasteiger charge is 2.11. The van der Waals surface area contributed by atoms with Crippen LogP contribution in [0.5, 0.6) is 0 Å². The summed E-state index contributed by atoms with van der Waals surface area (Å²) in [6, 6.07) is 17.4. The smallest absolute Gasteiger partial charge is 0.320 e. The number of carbonyl (C=O) groups excluding carboxylic acids is 1. The van der Waals surface area contributed by atoms with Crippen LogP contribution in [0.3, 0.4) is 0 Å². The van der Waals surface area contributed by atoms with E-state index >= 15 is 0 Å². The third-order valence-electron chi connectivity index (χ3n) is 4.67. The maximum absolute atomic E-state index is 12.2. The van der Waals surface area contributed by atoms with Gasteiger partial charge in [0.1, 0.15) is 6.26 Å². The molecule has 0 unspecified atom stereocenters. The molecule has 2 N–H and O–H groups in total. The number of hydrogen-bond acceptors (Lipinski definition) is 4. The second-order valence-corrected chi connectivity index (χ2v) is 7.08. The van der Waals surface area contributed by atoms with Crippen LogP contribution in [0.4, 0.5) is 10.6 Å². The van der Waals surface area contributed by atoms with E-state index in [1.165, 1.54) is 5.56 Å². The van der Waals surface area contributed by atoms with Gasteiger partial charge in [-0.3, -0.25) is 5.32 Å². The average Bonchev–Trinajstić information content (AvgIpc) is 3.36. The highest BCUT2D eigenvalue weighted by molar-refractivity contribution is 5.88. The van der Waals surface area contributed by atoms with Crippen LogP contribution < -0.4 is 10.6 Å². The first-order valence-corrected chi connectivity index (χ1v) is 9.76. The van der Waals surface area contributed by atoms with Gasteiger partial charge in [-0.2, -0.15) is 0 Å². The zero-order valence-corrected chi connectivity index (χ0v) is 16.9. The average molecular weight is 401 g/mol. The van der Waals surface area contributed by atoms with Crippen molar-refractivity contribution in [1.82, 2.24) is 20.1 Å². The molecule has 2 aromatic heterocycles. The van der Waals surface area contributed by atoms with E-state index < -0.39 is 0 Å². The third kappa shape index (κ3) is 4.57. The second kappa shape index (κ2) is 8.65. The van der Waals surface area contributed by atoms with Crippen molar-refractivity contribution in [2.45, 2.75) is 20.3 Å².